The molecule has 0 heterocycles. The summed E-state index contributed by atoms with van der Waals surface area (Å²) in [7, 11) is 0. The molecule has 4 nitrogen and oxygen atoms in total. The SMILES string of the molecule is Nc1ccc(O)cc1OC=O. The van der Waals surface area contributed by atoms with Crippen molar-refractivity contribution in [3.63, 3.8) is 0 Å². The van der Waals surface area contributed by atoms with Crippen LogP contribution in [0.5, 0.6) is 11.5 Å². The van der Waals surface area contributed by atoms with E-state index in [9.17, 15) is 4.79 Å². The average molecular weight is 153 g/mol. The number of phenols is 1. The lowest BCUT2D eigenvalue weighted by atomic mass is 10.3. The molecule has 0 spiro atoms. The fraction of sp³-hybridized carbons (Fsp3) is 0. The van der Waals surface area contributed by atoms with Crippen molar-refractivity contribution in [2.75, 3.05) is 5.73 Å². The number of hydrogen-bond acceptors (Lipinski definition) is 4. The average Bonchev–Trinajstić information content (AvgIpc) is 1.98. The molecule has 0 aromatic heterocycles. The molecule has 0 saturated heterocycles. The van der Waals surface area contributed by atoms with Gasteiger partial charge in [0.1, 0.15) is 5.75 Å². The van der Waals surface area contributed by atoms with E-state index in [1.54, 1.807) is 0 Å². The van der Waals surface area contributed by atoms with Gasteiger partial charge in [-0.1, -0.05) is 0 Å². The maximum Gasteiger partial charge on any atom is 0.298 e. The summed E-state index contributed by atoms with van der Waals surface area (Å²) in [4.78, 5) is 9.88. The summed E-state index contributed by atoms with van der Waals surface area (Å²) in [6.07, 6.45) is 0. The molecule has 4 heteroatoms. The highest BCUT2D eigenvalue weighted by Gasteiger charge is 1.99. The van der Waals surface area contributed by atoms with Crippen molar-refractivity contribution < 1.29 is 14.6 Å². The maximum atomic E-state index is 9.88. The Morgan fingerprint density at radius 3 is 2.91 bits per heavy atom. The lowest BCUT2D eigenvalue weighted by Crippen LogP contribution is -1.94. The molecule has 0 atom stereocenters. The third kappa shape index (κ3) is 1.61. The minimum Gasteiger partial charge on any atom is -0.508 e. The lowest BCUT2D eigenvalue weighted by molar-refractivity contribution is -0.120. The van der Waals surface area contributed by atoms with Gasteiger partial charge in [0, 0.05) is 6.07 Å². The molecule has 0 saturated carbocycles. The summed E-state index contributed by atoms with van der Waals surface area (Å²) in [6.45, 7) is 0.255. The van der Waals surface area contributed by atoms with E-state index in [1.807, 2.05) is 0 Å². The predicted octanol–water partition coefficient (Wildman–Crippen LogP) is 0.510. The van der Waals surface area contributed by atoms with Gasteiger partial charge in [-0.25, -0.2) is 0 Å². The monoisotopic (exact) mass is 153 g/mol. The second-order valence-electron chi connectivity index (χ2n) is 1.94. The van der Waals surface area contributed by atoms with Crippen LogP contribution in [0.2, 0.25) is 0 Å². The Bertz CT molecular complexity index is 272. The van der Waals surface area contributed by atoms with E-state index in [0.29, 0.717) is 5.69 Å². The van der Waals surface area contributed by atoms with Crippen LogP contribution in [0.25, 0.3) is 0 Å². The first-order valence-electron chi connectivity index (χ1n) is 2.93. The van der Waals surface area contributed by atoms with Crippen LogP contribution in [0, 0.1) is 0 Å². The summed E-state index contributed by atoms with van der Waals surface area (Å²) in [5.74, 6) is 0.177. The van der Waals surface area contributed by atoms with Crippen molar-refractivity contribution in [3.8, 4) is 11.5 Å². The molecule has 0 aliphatic heterocycles. The number of hydrogen-bond donors (Lipinski definition) is 2. The van der Waals surface area contributed by atoms with Crippen LogP contribution in [0.4, 0.5) is 5.69 Å². The van der Waals surface area contributed by atoms with Crippen LogP contribution < -0.4 is 10.5 Å². The maximum absolute atomic E-state index is 9.88. The van der Waals surface area contributed by atoms with Crippen LogP contribution in [-0.4, -0.2) is 11.6 Å². The van der Waals surface area contributed by atoms with Gasteiger partial charge in [-0.05, 0) is 12.1 Å². The summed E-state index contributed by atoms with van der Waals surface area (Å²) >= 11 is 0. The fourth-order valence-electron chi connectivity index (χ4n) is 0.677. The first-order valence-corrected chi connectivity index (χ1v) is 2.93. The van der Waals surface area contributed by atoms with Crippen LogP contribution in [-0.2, 0) is 4.79 Å². The highest BCUT2D eigenvalue weighted by Crippen LogP contribution is 2.25. The molecule has 1 aromatic rings. The van der Waals surface area contributed by atoms with E-state index in [-0.39, 0.29) is 18.0 Å². The Hall–Kier alpha value is -1.71. The summed E-state index contributed by atoms with van der Waals surface area (Å²) < 4.78 is 4.45. The molecule has 0 radical (unpaired) electrons. The topological polar surface area (TPSA) is 72.6 Å². The van der Waals surface area contributed by atoms with Gasteiger partial charge >= 0.3 is 0 Å². The predicted molar refractivity (Wildman–Crippen MR) is 39.2 cm³/mol. The molecule has 1 aromatic carbocycles. The number of ether oxygens (including phenoxy) is 1. The van der Waals surface area contributed by atoms with Crippen LogP contribution in [0.15, 0.2) is 18.2 Å². The quantitative estimate of drug-likeness (QED) is 0.369. The first kappa shape index (κ1) is 7.40. The Balaban J connectivity index is 3.01. The van der Waals surface area contributed by atoms with E-state index in [1.165, 1.54) is 18.2 Å². The van der Waals surface area contributed by atoms with E-state index in [2.05, 4.69) is 4.74 Å². The van der Waals surface area contributed by atoms with Crippen LogP contribution in [0.1, 0.15) is 0 Å². The van der Waals surface area contributed by atoms with Gasteiger partial charge in [0.15, 0.2) is 5.75 Å². The third-order valence-electron chi connectivity index (χ3n) is 1.17. The summed E-state index contributed by atoms with van der Waals surface area (Å²) in [5.41, 5.74) is 5.70. The molecule has 0 fully saturated rings. The molecule has 1 rings (SSSR count). The zero-order valence-electron chi connectivity index (χ0n) is 5.65. The summed E-state index contributed by atoms with van der Waals surface area (Å²) in [6, 6.07) is 4.13. The van der Waals surface area contributed by atoms with E-state index in [0.717, 1.165) is 0 Å². The van der Waals surface area contributed by atoms with Crippen LogP contribution in [0.3, 0.4) is 0 Å². The molecule has 58 valence electrons. The number of carbonyl (C=O) groups is 1. The van der Waals surface area contributed by atoms with Gasteiger partial charge in [-0.3, -0.25) is 4.79 Å². The lowest BCUT2D eigenvalue weighted by Gasteiger charge is -2.01. The number of nitrogen functional groups attached to an aromatic ring is 1. The molecule has 0 unspecified atom stereocenters. The number of phenolic OH excluding ortho intramolecular Hbond substituents is 1. The molecule has 0 aliphatic carbocycles. The van der Waals surface area contributed by atoms with Crippen molar-refractivity contribution in [2.45, 2.75) is 0 Å². The van der Waals surface area contributed by atoms with Gasteiger partial charge in [0.2, 0.25) is 0 Å². The van der Waals surface area contributed by atoms with Crippen molar-refractivity contribution in [2.24, 2.45) is 0 Å². The standard InChI is InChI=1S/C7H7NO3/c8-6-2-1-5(10)3-7(6)11-4-9/h1-4,10H,8H2. The van der Waals surface area contributed by atoms with E-state index >= 15 is 0 Å². The minimum absolute atomic E-state index is 0.0102. The van der Waals surface area contributed by atoms with Gasteiger partial charge in [0.25, 0.3) is 6.47 Å². The Kier molecular flexibility index (Phi) is 1.96. The largest absolute Gasteiger partial charge is 0.508 e. The van der Waals surface area contributed by atoms with E-state index in [4.69, 9.17) is 10.8 Å². The van der Waals surface area contributed by atoms with Gasteiger partial charge in [-0.15, -0.1) is 0 Å². The smallest absolute Gasteiger partial charge is 0.298 e. The number of nitrogens with two attached hydrogens (primary N) is 1. The zero-order chi connectivity index (χ0) is 8.27. The zero-order valence-corrected chi connectivity index (χ0v) is 5.65. The molecular weight excluding hydrogens is 146 g/mol. The number of anilines is 1. The molecule has 0 amide bonds. The first-order chi connectivity index (χ1) is 5.24. The van der Waals surface area contributed by atoms with Crippen LogP contribution >= 0.6 is 0 Å². The molecule has 0 aliphatic rings. The van der Waals surface area contributed by atoms with Gasteiger partial charge < -0.3 is 15.6 Å². The molecule has 3 N–H and O–H groups in total. The van der Waals surface area contributed by atoms with Gasteiger partial charge in [0.05, 0.1) is 5.69 Å². The van der Waals surface area contributed by atoms with Crippen molar-refractivity contribution in [1.82, 2.24) is 0 Å². The normalized spacial score (nSPS) is 9.09. The highest BCUT2D eigenvalue weighted by molar-refractivity contribution is 5.60. The Morgan fingerprint density at radius 2 is 2.27 bits per heavy atom. The van der Waals surface area contributed by atoms with Crippen molar-refractivity contribution in [1.29, 1.82) is 0 Å². The number of rotatable bonds is 2. The van der Waals surface area contributed by atoms with Crippen molar-refractivity contribution in [3.05, 3.63) is 18.2 Å². The molecule has 0 bridgehead atoms. The third-order valence-corrected chi connectivity index (χ3v) is 1.17. The summed E-state index contributed by atoms with van der Waals surface area (Å²) in [5, 5.41) is 8.91. The highest BCUT2D eigenvalue weighted by atomic mass is 16.5. The molecular formula is C7H7NO3. The Labute approximate surface area is 63.2 Å². The van der Waals surface area contributed by atoms with Crippen molar-refractivity contribution >= 4 is 12.2 Å². The second kappa shape index (κ2) is 2.92. The second-order valence-corrected chi connectivity index (χ2v) is 1.94. The number of carbonyl (C=O) groups excluding carboxylic acids is 1. The van der Waals surface area contributed by atoms with Gasteiger partial charge in [-0.2, -0.15) is 0 Å². The number of aromatic hydroxyl groups is 1. The van der Waals surface area contributed by atoms with E-state index < -0.39 is 0 Å². The molecule has 11 heavy (non-hydrogen) atoms. The number of benzene rings is 1. The fourth-order valence-corrected chi connectivity index (χ4v) is 0.677. The Morgan fingerprint density at radius 1 is 1.55 bits per heavy atom. The minimum atomic E-state index is 0.0102.